The van der Waals surface area contributed by atoms with E-state index in [2.05, 4.69) is 22.5 Å². The zero-order valence-electron chi connectivity index (χ0n) is 19.6. The number of ketones is 1. The first-order valence-electron chi connectivity index (χ1n) is 11.4. The highest BCUT2D eigenvalue weighted by atomic mass is 35.5. The molecule has 34 heavy (non-hydrogen) atoms. The van der Waals surface area contributed by atoms with Crippen LogP contribution in [-0.2, 0) is 24.0 Å². The summed E-state index contributed by atoms with van der Waals surface area (Å²) in [7, 11) is 1.43. The summed E-state index contributed by atoms with van der Waals surface area (Å²) in [5.74, 6) is -2.77. The minimum Gasteiger partial charge on any atom is -0.359 e. The summed E-state index contributed by atoms with van der Waals surface area (Å²) < 4.78 is 0. The Hall–Kier alpha value is -3.00. The van der Waals surface area contributed by atoms with Gasteiger partial charge in [0, 0.05) is 31.5 Å². The Kier molecular flexibility index (Phi) is 14.2. The van der Waals surface area contributed by atoms with Crippen molar-refractivity contribution in [3.8, 4) is 0 Å². The molecule has 0 aromatic heterocycles. The third-order valence-corrected chi connectivity index (χ3v) is 5.71. The van der Waals surface area contributed by atoms with E-state index >= 15 is 0 Å². The second kappa shape index (κ2) is 16.6. The molecule has 0 heterocycles. The van der Waals surface area contributed by atoms with Crippen molar-refractivity contribution in [3.05, 3.63) is 48.1 Å². The van der Waals surface area contributed by atoms with Crippen LogP contribution in [0.3, 0.4) is 0 Å². The van der Waals surface area contributed by atoms with Gasteiger partial charge in [-0.15, -0.1) is 0 Å². The highest BCUT2D eigenvalue weighted by Gasteiger charge is 2.36. The van der Waals surface area contributed by atoms with Gasteiger partial charge in [-0.3, -0.25) is 19.2 Å². The summed E-state index contributed by atoms with van der Waals surface area (Å²) in [6.07, 6.45) is 13.9. The number of nitrogens with one attached hydrogen (secondary N) is 3. The van der Waals surface area contributed by atoms with Crippen molar-refractivity contribution in [2.45, 2.75) is 51.0 Å². The van der Waals surface area contributed by atoms with Gasteiger partial charge in [-0.25, -0.2) is 0 Å². The zero-order chi connectivity index (χ0) is 25.3. The van der Waals surface area contributed by atoms with Crippen molar-refractivity contribution in [1.29, 1.82) is 0 Å². The molecule has 0 spiro atoms. The van der Waals surface area contributed by atoms with Crippen molar-refractivity contribution in [3.63, 3.8) is 0 Å². The van der Waals surface area contributed by atoms with E-state index in [0.717, 1.165) is 25.7 Å². The van der Waals surface area contributed by atoms with Gasteiger partial charge in [0.05, 0.1) is 12.0 Å². The van der Waals surface area contributed by atoms with E-state index in [1.54, 1.807) is 30.4 Å². The number of amides is 3. The minimum absolute atomic E-state index is 0.0147. The van der Waals surface area contributed by atoms with Gasteiger partial charge in [0.1, 0.15) is 6.29 Å². The number of halogens is 1. The highest BCUT2D eigenvalue weighted by Crippen LogP contribution is 2.29. The number of carbonyl (C=O) groups is 5. The Bertz CT molecular complexity index is 828. The van der Waals surface area contributed by atoms with E-state index in [0.29, 0.717) is 17.7 Å². The number of aldehydes is 1. The molecule has 9 heteroatoms. The molecular weight excluding hydrogens is 458 g/mol. The lowest BCUT2D eigenvalue weighted by atomic mass is 9.86. The second-order valence-electron chi connectivity index (χ2n) is 7.98. The molecule has 0 aromatic carbocycles. The number of hydrogen-bond acceptors (Lipinski definition) is 5. The SMILES string of the molecule is C=C/C=C(Cl)\C=C/C/C=C/C(=O)NCCC(=O)NC(C(=O)C(C=O)CC(=O)NC)C1CCCC1. The van der Waals surface area contributed by atoms with Crippen molar-refractivity contribution in [2.75, 3.05) is 13.6 Å². The number of hydrogen-bond donors (Lipinski definition) is 3. The summed E-state index contributed by atoms with van der Waals surface area (Å²) in [6, 6.07) is -0.820. The van der Waals surface area contributed by atoms with Crippen LogP contribution in [0.15, 0.2) is 48.1 Å². The van der Waals surface area contributed by atoms with Crippen molar-refractivity contribution in [1.82, 2.24) is 16.0 Å². The van der Waals surface area contributed by atoms with Gasteiger partial charge >= 0.3 is 0 Å². The normalized spacial score (nSPS) is 16.2. The summed E-state index contributed by atoms with van der Waals surface area (Å²) in [6.45, 7) is 3.64. The maximum Gasteiger partial charge on any atom is 0.243 e. The molecule has 0 radical (unpaired) electrons. The molecule has 1 saturated carbocycles. The van der Waals surface area contributed by atoms with Crippen molar-refractivity contribution >= 4 is 41.4 Å². The van der Waals surface area contributed by atoms with Crippen LogP contribution in [0.5, 0.6) is 0 Å². The lowest BCUT2D eigenvalue weighted by Gasteiger charge is -2.25. The van der Waals surface area contributed by atoms with E-state index in [1.165, 1.54) is 13.1 Å². The number of allylic oxidation sites excluding steroid dienone is 6. The van der Waals surface area contributed by atoms with Gasteiger partial charge in [-0.05, 0) is 43.4 Å². The van der Waals surface area contributed by atoms with Crippen LogP contribution in [0.25, 0.3) is 0 Å². The molecule has 1 aliphatic carbocycles. The van der Waals surface area contributed by atoms with E-state index < -0.39 is 29.6 Å². The molecule has 3 amide bonds. The maximum absolute atomic E-state index is 13.0. The van der Waals surface area contributed by atoms with Crippen LogP contribution in [-0.4, -0.2) is 49.4 Å². The maximum atomic E-state index is 13.0. The molecule has 1 fully saturated rings. The largest absolute Gasteiger partial charge is 0.359 e. The van der Waals surface area contributed by atoms with Gasteiger partial charge in [0.25, 0.3) is 0 Å². The second-order valence-corrected chi connectivity index (χ2v) is 8.42. The Morgan fingerprint density at radius 2 is 1.76 bits per heavy atom. The standard InChI is InChI=1S/C25H34ClN3O5/c1-3-9-20(26)12-5-4-6-13-21(31)28-15-14-22(32)29-24(18-10-7-8-11-18)25(34)19(17-30)16-23(33)27-2/h3,5-6,9,12-13,17-19,24H,1,4,7-8,10-11,14-16H2,2H3,(H,27,33)(H,28,31)(H,29,32)/b12-5-,13-6+,20-9+. The Balaban J connectivity index is 2.55. The lowest BCUT2D eigenvalue weighted by Crippen LogP contribution is -2.49. The average Bonchev–Trinajstić information content (AvgIpc) is 3.35. The van der Waals surface area contributed by atoms with Crippen molar-refractivity contribution < 1.29 is 24.0 Å². The molecule has 2 atom stereocenters. The monoisotopic (exact) mass is 491 g/mol. The van der Waals surface area contributed by atoms with Crippen LogP contribution in [0.2, 0.25) is 0 Å². The summed E-state index contributed by atoms with van der Waals surface area (Å²) in [4.78, 5) is 60.4. The number of carbonyl (C=O) groups excluding carboxylic acids is 5. The van der Waals surface area contributed by atoms with Gasteiger partial charge in [-0.2, -0.15) is 0 Å². The van der Waals surface area contributed by atoms with Crippen molar-refractivity contribution in [2.24, 2.45) is 11.8 Å². The average molecular weight is 492 g/mol. The fourth-order valence-corrected chi connectivity index (χ4v) is 3.84. The predicted octanol–water partition coefficient (Wildman–Crippen LogP) is 2.50. The quantitative estimate of drug-likeness (QED) is 0.141. The molecule has 0 bridgehead atoms. The summed E-state index contributed by atoms with van der Waals surface area (Å²) in [5.41, 5.74) is 0. The molecule has 186 valence electrons. The van der Waals surface area contributed by atoms with Crippen LogP contribution < -0.4 is 16.0 Å². The first-order chi connectivity index (χ1) is 16.3. The van der Waals surface area contributed by atoms with Crippen LogP contribution in [0.1, 0.15) is 44.9 Å². The van der Waals surface area contributed by atoms with E-state index in [-0.39, 0.29) is 31.2 Å². The smallest absolute Gasteiger partial charge is 0.243 e. The number of rotatable bonds is 15. The molecule has 1 aliphatic rings. The van der Waals surface area contributed by atoms with Gasteiger partial charge in [0.2, 0.25) is 17.7 Å². The summed E-state index contributed by atoms with van der Waals surface area (Å²) in [5, 5.41) is 8.29. The molecule has 0 aliphatic heterocycles. The highest BCUT2D eigenvalue weighted by molar-refractivity contribution is 6.31. The first-order valence-corrected chi connectivity index (χ1v) is 11.8. The Labute approximate surface area is 205 Å². The van der Waals surface area contributed by atoms with Gasteiger partial charge < -0.3 is 20.7 Å². The molecule has 2 unspecified atom stereocenters. The topological polar surface area (TPSA) is 121 Å². The lowest BCUT2D eigenvalue weighted by molar-refractivity contribution is -0.136. The molecule has 3 N–H and O–H groups in total. The van der Waals surface area contributed by atoms with Crippen LogP contribution in [0.4, 0.5) is 0 Å². The van der Waals surface area contributed by atoms with E-state index in [4.69, 9.17) is 11.6 Å². The summed E-state index contributed by atoms with van der Waals surface area (Å²) >= 11 is 5.88. The minimum atomic E-state index is -1.10. The van der Waals surface area contributed by atoms with Gasteiger partial charge in [-0.1, -0.05) is 49.2 Å². The number of Topliss-reactive ketones (excluding diaryl/α,β-unsaturated/α-hetero) is 1. The first kappa shape index (κ1) is 29.0. The molecular formula is C25H34ClN3O5. The molecule has 0 saturated heterocycles. The Morgan fingerprint density at radius 3 is 2.38 bits per heavy atom. The van der Waals surface area contributed by atoms with Gasteiger partial charge in [0.15, 0.2) is 5.78 Å². The molecule has 0 aromatic rings. The van der Waals surface area contributed by atoms with Crippen LogP contribution >= 0.6 is 11.6 Å². The predicted molar refractivity (Wildman–Crippen MR) is 132 cm³/mol. The third kappa shape index (κ3) is 11.2. The van der Waals surface area contributed by atoms with Crippen LogP contribution in [0, 0.1) is 11.8 Å². The zero-order valence-corrected chi connectivity index (χ0v) is 20.3. The fourth-order valence-electron chi connectivity index (χ4n) is 3.67. The Morgan fingerprint density at radius 1 is 1.09 bits per heavy atom. The molecule has 1 rings (SSSR count). The van der Waals surface area contributed by atoms with E-state index in [9.17, 15) is 24.0 Å². The third-order valence-electron chi connectivity index (χ3n) is 5.45. The fraction of sp³-hybridized carbons (Fsp3) is 0.480. The van der Waals surface area contributed by atoms with E-state index in [1.807, 2.05) is 0 Å². The molecule has 8 nitrogen and oxygen atoms in total.